The molecule has 5 heteroatoms. The Balaban J connectivity index is 1.77. The van der Waals surface area contributed by atoms with E-state index in [1.165, 1.54) is 11.8 Å². The number of hydrogen-bond acceptors (Lipinski definition) is 4. The van der Waals surface area contributed by atoms with Crippen LogP contribution in [0.5, 0.6) is 0 Å². The number of oxazole rings is 1. The quantitative estimate of drug-likeness (QED) is 0.783. The molecule has 114 valence electrons. The summed E-state index contributed by atoms with van der Waals surface area (Å²) < 4.78 is 10.9. The molecule has 0 atom stereocenters. The Morgan fingerprint density at radius 1 is 1.27 bits per heavy atom. The monoisotopic (exact) mass is 298 g/mol. The lowest BCUT2D eigenvalue weighted by Gasteiger charge is -2.02. The summed E-state index contributed by atoms with van der Waals surface area (Å²) >= 11 is 0. The van der Waals surface area contributed by atoms with Gasteiger partial charge in [0.1, 0.15) is 17.6 Å². The molecule has 0 radical (unpaired) electrons. The van der Waals surface area contributed by atoms with Crippen LogP contribution in [0.4, 0.5) is 0 Å². The van der Waals surface area contributed by atoms with Crippen LogP contribution in [0.25, 0.3) is 11.0 Å². The topological polar surface area (TPSA) is 68.3 Å². The molecule has 2 aromatic heterocycles. The number of hydrogen-bond donors (Lipinski definition) is 1. The van der Waals surface area contributed by atoms with Gasteiger partial charge in [0.15, 0.2) is 5.89 Å². The van der Waals surface area contributed by atoms with E-state index in [2.05, 4.69) is 17.2 Å². The molecule has 0 aliphatic carbocycles. The van der Waals surface area contributed by atoms with Crippen LogP contribution in [0.3, 0.4) is 0 Å². The number of rotatable bonds is 5. The van der Waals surface area contributed by atoms with Crippen molar-refractivity contribution in [1.29, 1.82) is 0 Å². The van der Waals surface area contributed by atoms with Gasteiger partial charge in [0, 0.05) is 11.8 Å². The van der Waals surface area contributed by atoms with Gasteiger partial charge in [-0.1, -0.05) is 19.9 Å². The van der Waals surface area contributed by atoms with Gasteiger partial charge in [-0.15, -0.1) is 0 Å². The van der Waals surface area contributed by atoms with E-state index < -0.39 is 0 Å². The highest BCUT2D eigenvalue weighted by molar-refractivity contribution is 6.06. The number of amides is 1. The maximum atomic E-state index is 12.3. The molecule has 5 nitrogen and oxygen atoms in total. The van der Waals surface area contributed by atoms with E-state index in [4.69, 9.17) is 8.83 Å². The highest BCUT2D eigenvalue weighted by Gasteiger charge is 2.14. The summed E-state index contributed by atoms with van der Waals surface area (Å²) in [6, 6.07) is 5.90. The van der Waals surface area contributed by atoms with Gasteiger partial charge in [-0.2, -0.15) is 0 Å². The molecule has 0 unspecified atom stereocenters. The molecule has 0 aliphatic heterocycles. The van der Waals surface area contributed by atoms with E-state index in [0.29, 0.717) is 23.8 Å². The summed E-state index contributed by atoms with van der Waals surface area (Å²) in [4.78, 5) is 16.4. The summed E-state index contributed by atoms with van der Waals surface area (Å²) in [5.74, 6) is 1.14. The second kappa shape index (κ2) is 6.05. The second-order valence-electron chi connectivity index (χ2n) is 5.09. The Labute approximate surface area is 128 Å². The predicted molar refractivity (Wildman–Crippen MR) is 82.6 cm³/mol. The van der Waals surface area contributed by atoms with Crippen LogP contribution in [-0.4, -0.2) is 10.9 Å². The first kappa shape index (κ1) is 14.4. The lowest BCUT2D eigenvalue weighted by Crippen LogP contribution is -2.22. The van der Waals surface area contributed by atoms with E-state index in [9.17, 15) is 4.79 Å². The third-order valence-electron chi connectivity index (χ3n) is 3.62. The van der Waals surface area contributed by atoms with Gasteiger partial charge in [0.25, 0.3) is 5.91 Å². The lowest BCUT2D eigenvalue weighted by molar-refractivity contribution is 0.0948. The number of aryl methyl sites for hydroxylation is 2. The summed E-state index contributed by atoms with van der Waals surface area (Å²) in [6.07, 6.45) is 4.79. The fourth-order valence-corrected chi connectivity index (χ4v) is 2.33. The summed E-state index contributed by atoms with van der Waals surface area (Å²) in [7, 11) is 0. The van der Waals surface area contributed by atoms with E-state index in [0.717, 1.165) is 23.8 Å². The van der Waals surface area contributed by atoms with Crippen molar-refractivity contribution in [3.63, 3.8) is 0 Å². The average Bonchev–Trinajstić information content (AvgIpc) is 3.18. The normalized spacial score (nSPS) is 11.0. The summed E-state index contributed by atoms with van der Waals surface area (Å²) in [5, 5.41) is 3.67. The van der Waals surface area contributed by atoms with Crippen molar-refractivity contribution in [2.75, 3.05) is 0 Å². The van der Waals surface area contributed by atoms with Crippen LogP contribution >= 0.6 is 0 Å². The van der Waals surface area contributed by atoms with Gasteiger partial charge in [-0.3, -0.25) is 4.79 Å². The van der Waals surface area contributed by atoms with E-state index >= 15 is 0 Å². The number of nitrogens with zero attached hydrogens (tertiary/aromatic N) is 1. The van der Waals surface area contributed by atoms with Crippen molar-refractivity contribution in [3.05, 3.63) is 53.4 Å². The Kier molecular flexibility index (Phi) is 3.96. The molecule has 0 aliphatic rings. The zero-order valence-electron chi connectivity index (χ0n) is 12.7. The van der Waals surface area contributed by atoms with Crippen LogP contribution in [0.15, 0.2) is 39.5 Å². The zero-order valence-corrected chi connectivity index (χ0v) is 12.7. The molecule has 1 N–H and O–H groups in total. The van der Waals surface area contributed by atoms with Gasteiger partial charge in [0.2, 0.25) is 0 Å². The van der Waals surface area contributed by atoms with E-state index in [1.54, 1.807) is 6.20 Å². The highest BCUT2D eigenvalue weighted by Crippen LogP contribution is 2.23. The largest absolute Gasteiger partial charge is 0.463 e. The van der Waals surface area contributed by atoms with Gasteiger partial charge in [-0.25, -0.2) is 4.98 Å². The number of benzene rings is 1. The number of fused-ring (bicyclic) bond motifs is 1. The first-order valence-corrected chi connectivity index (χ1v) is 7.43. The minimum Gasteiger partial charge on any atom is -0.463 e. The predicted octanol–water partition coefficient (Wildman–Crippen LogP) is 3.48. The third-order valence-corrected chi connectivity index (χ3v) is 3.62. The van der Waals surface area contributed by atoms with Crippen molar-refractivity contribution < 1.29 is 13.6 Å². The number of carbonyl (C=O) groups excluding carboxylic acids is 1. The van der Waals surface area contributed by atoms with Crippen LogP contribution in [0.2, 0.25) is 0 Å². The van der Waals surface area contributed by atoms with Gasteiger partial charge >= 0.3 is 0 Å². The molecule has 0 saturated heterocycles. The fourth-order valence-electron chi connectivity index (χ4n) is 2.33. The van der Waals surface area contributed by atoms with E-state index in [1.807, 2.05) is 25.1 Å². The van der Waals surface area contributed by atoms with E-state index in [-0.39, 0.29) is 5.91 Å². The Morgan fingerprint density at radius 2 is 2.14 bits per heavy atom. The molecular weight excluding hydrogens is 280 g/mol. The number of carbonyl (C=O) groups is 1. The summed E-state index contributed by atoms with van der Waals surface area (Å²) in [6.45, 7) is 4.36. The minimum atomic E-state index is -0.179. The molecule has 3 rings (SSSR count). The number of aromatic nitrogens is 1. The molecule has 1 amide bonds. The van der Waals surface area contributed by atoms with Crippen molar-refractivity contribution in [2.45, 2.75) is 33.2 Å². The van der Waals surface area contributed by atoms with Gasteiger partial charge < -0.3 is 14.2 Å². The first-order chi connectivity index (χ1) is 10.7. The molecule has 22 heavy (non-hydrogen) atoms. The zero-order chi connectivity index (χ0) is 15.5. The third kappa shape index (κ3) is 2.74. The molecule has 0 fully saturated rings. The SMILES string of the molecule is CCc1ccc2occ(C(=O)NCc3cnc(CC)o3)c2c1. The van der Waals surface area contributed by atoms with Gasteiger partial charge in [0.05, 0.1) is 18.3 Å². The minimum absolute atomic E-state index is 0.179. The number of nitrogens with one attached hydrogen (secondary N) is 1. The average molecular weight is 298 g/mol. The molecule has 0 bridgehead atoms. The molecule has 2 heterocycles. The van der Waals surface area contributed by atoms with Crippen LogP contribution in [-0.2, 0) is 19.4 Å². The lowest BCUT2D eigenvalue weighted by atomic mass is 10.1. The van der Waals surface area contributed by atoms with Crippen LogP contribution in [0, 0.1) is 0 Å². The Morgan fingerprint density at radius 3 is 2.86 bits per heavy atom. The smallest absolute Gasteiger partial charge is 0.255 e. The first-order valence-electron chi connectivity index (χ1n) is 7.43. The maximum absolute atomic E-state index is 12.3. The standard InChI is InChI=1S/C17H18N2O3/c1-3-11-5-6-15-13(7-11)14(10-21-15)17(20)19-9-12-8-18-16(4-2)22-12/h5-8,10H,3-4,9H2,1-2H3,(H,19,20). The van der Waals surface area contributed by atoms with Crippen molar-refractivity contribution in [2.24, 2.45) is 0 Å². The van der Waals surface area contributed by atoms with Gasteiger partial charge in [-0.05, 0) is 24.1 Å². The maximum Gasteiger partial charge on any atom is 0.255 e. The van der Waals surface area contributed by atoms with Crippen molar-refractivity contribution in [3.8, 4) is 0 Å². The number of furan rings is 1. The molecule has 3 aromatic rings. The second-order valence-corrected chi connectivity index (χ2v) is 5.09. The van der Waals surface area contributed by atoms with Crippen molar-refractivity contribution >= 4 is 16.9 Å². The molecular formula is C17H18N2O3. The molecule has 1 aromatic carbocycles. The van der Waals surface area contributed by atoms with Crippen molar-refractivity contribution in [1.82, 2.24) is 10.3 Å². The summed E-state index contributed by atoms with van der Waals surface area (Å²) in [5.41, 5.74) is 2.43. The fraction of sp³-hybridized carbons (Fsp3) is 0.294. The van der Waals surface area contributed by atoms with Crippen LogP contribution < -0.4 is 5.32 Å². The highest BCUT2D eigenvalue weighted by atomic mass is 16.4. The molecule has 0 spiro atoms. The molecule has 0 saturated carbocycles. The Bertz CT molecular complexity index is 801. The Hall–Kier alpha value is -2.56. The van der Waals surface area contributed by atoms with Crippen LogP contribution in [0.1, 0.15) is 41.4 Å².